The molecule has 0 saturated carbocycles. The molecule has 0 aliphatic carbocycles. The average molecular weight is 316 g/mol. The van der Waals surface area contributed by atoms with E-state index in [1.165, 1.54) is 23.4 Å². The standard InChI is InChI=1S/C19H25FN2O/c1-22(2)18-9-5-15(6-10-18)16(14-21)4-3-13-23-19-11-7-17(20)8-12-19/h5-12,16H,3-4,13-14,21H2,1-2H3. The van der Waals surface area contributed by atoms with Gasteiger partial charge in [-0.3, -0.25) is 0 Å². The number of hydrogen-bond donors (Lipinski definition) is 1. The molecule has 2 aromatic carbocycles. The Balaban J connectivity index is 1.81. The molecule has 0 heterocycles. The summed E-state index contributed by atoms with van der Waals surface area (Å²) in [5.74, 6) is 0.788. The predicted molar refractivity (Wildman–Crippen MR) is 93.7 cm³/mol. The van der Waals surface area contributed by atoms with Gasteiger partial charge in [0.05, 0.1) is 6.61 Å². The van der Waals surface area contributed by atoms with Gasteiger partial charge >= 0.3 is 0 Å². The fraction of sp³-hybridized carbons (Fsp3) is 0.368. The van der Waals surface area contributed by atoms with Crippen molar-refractivity contribution in [2.24, 2.45) is 5.73 Å². The van der Waals surface area contributed by atoms with Crippen molar-refractivity contribution in [3.05, 3.63) is 59.9 Å². The highest BCUT2D eigenvalue weighted by Gasteiger charge is 2.10. The molecule has 2 N–H and O–H groups in total. The number of halogens is 1. The molecule has 23 heavy (non-hydrogen) atoms. The summed E-state index contributed by atoms with van der Waals surface area (Å²) in [6.07, 6.45) is 1.88. The Hall–Kier alpha value is -2.07. The first-order chi connectivity index (χ1) is 11.1. The van der Waals surface area contributed by atoms with Crippen molar-refractivity contribution in [1.82, 2.24) is 0 Å². The van der Waals surface area contributed by atoms with Crippen LogP contribution >= 0.6 is 0 Å². The van der Waals surface area contributed by atoms with Crippen LogP contribution in [0, 0.1) is 5.82 Å². The molecule has 124 valence electrons. The van der Waals surface area contributed by atoms with E-state index in [2.05, 4.69) is 29.2 Å². The minimum absolute atomic E-state index is 0.248. The summed E-state index contributed by atoms with van der Waals surface area (Å²) in [4.78, 5) is 2.08. The molecular formula is C19H25FN2O. The van der Waals surface area contributed by atoms with Crippen LogP contribution in [0.4, 0.5) is 10.1 Å². The molecule has 0 amide bonds. The van der Waals surface area contributed by atoms with Gasteiger partial charge in [-0.15, -0.1) is 0 Å². The number of anilines is 1. The van der Waals surface area contributed by atoms with Crippen molar-refractivity contribution in [2.45, 2.75) is 18.8 Å². The van der Waals surface area contributed by atoms with E-state index in [-0.39, 0.29) is 5.82 Å². The Bertz CT molecular complexity index is 581. The lowest BCUT2D eigenvalue weighted by molar-refractivity contribution is 0.301. The Morgan fingerprint density at radius 1 is 1.04 bits per heavy atom. The van der Waals surface area contributed by atoms with Crippen LogP contribution in [0.3, 0.4) is 0 Å². The molecule has 2 rings (SSSR count). The maximum absolute atomic E-state index is 12.8. The van der Waals surface area contributed by atoms with Gasteiger partial charge < -0.3 is 15.4 Å². The highest BCUT2D eigenvalue weighted by atomic mass is 19.1. The van der Waals surface area contributed by atoms with Crippen LogP contribution in [0.5, 0.6) is 5.75 Å². The van der Waals surface area contributed by atoms with Crippen LogP contribution in [0.25, 0.3) is 0 Å². The molecule has 0 bridgehead atoms. The zero-order valence-corrected chi connectivity index (χ0v) is 13.8. The molecule has 1 unspecified atom stereocenters. The molecule has 0 saturated heterocycles. The van der Waals surface area contributed by atoms with Crippen molar-refractivity contribution in [3.8, 4) is 5.75 Å². The van der Waals surface area contributed by atoms with E-state index in [4.69, 9.17) is 10.5 Å². The van der Waals surface area contributed by atoms with Crippen LogP contribution in [-0.2, 0) is 0 Å². The second-order valence-electron chi connectivity index (χ2n) is 5.86. The fourth-order valence-electron chi connectivity index (χ4n) is 2.52. The second-order valence-corrected chi connectivity index (χ2v) is 5.86. The molecule has 1 atom stereocenters. The highest BCUT2D eigenvalue weighted by molar-refractivity contribution is 5.46. The third-order valence-electron chi connectivity index (χ3n) is 3.94. The molecule has 0 fully saturated rings. The van der Waals surface area contributed by atoms with Crippen LogP contribution in [-0.4, -0.2) is 27.2 Å². The van der Waals surface area contributed by atoms with Crippen LogP contribution in [0.1, 0.15) is 24.3 Å². The SMILES string of the molecule is CN(C)c1ccc(C(CN)CCCOc2ccc(F)cc2)cc1. The van der Waals surface area contributed by atoms with Gasteiger partial charge in [0, 0.05) is 19.8 Å². The summed E-state index contributed by atoms with van der Waals surface area (Å²) in [6.45, 7) is 1.23. The predicted octanol–water partition coefficient (Wildman–Crippen LogP) is 3.79. The summed E-state index contributed by atoms with van der Waals surface area (Å²) in [7, 11) is 4.06. The lowest BCUT2D eigenvalue weighted by Gasteiger charge is -2.18. The molecule has 4 heteroatoms. The lowest BCUT2D eigenvalue weighted by Crippen LogP contribution is -2.14. The van der Waals surface area contributed by atoms with E-state index in [1.54, 1.807) is 12.1 Å². The maximum Gasteiger partial charge on any atom is 0.123 e. The number of benzene rings is 2. The first kappa shape index (κ1) is 17.3. The first-order valence-electron chi connectivity index (χ1n) is 7.96. The minimum atomic E-state index is -0.248. The highest BCUT2D eigenvalue weighted by Crippen LogP contribution is 2.23. The van der Waals surface area contributed by atoms with E-state index < -0.39 is 0 Å². The molecule has 2 aromatic rings. The zero-order valence-electron chi connectivity index (χ0n) is 13.8. The van der Waals surface area contributed by atoms with Gasteiger partial charge in [0.2, 0.25) is 0 Å². The molecule has 0 spiro atoms. The molecule has 0 radical (unpaired) electrons. The van der Waals surface area contributed by atoms with E-state index >= 15 is 0 Å². The summed E-state index contributed by atoms with van der Waals surface area (Å²) in [5, 5.41) is 0. The van der Waals surface area contributed by atoms with E-state index in [0.717, 1.165) is 12.8 Å². The van der Waals surface area contributed by atoms with Crippen LogP contribution < -0.4 is 15.4 Å². The van der Waals surface area contributed by atoms with Gasteiger partial charge in [-0.05, 0) is 67.3 Å². The molecule has 0 aromatic heterocycles. The number of nitrogens with zero attached hydrogens (tertiary/aromatic N) is 1. The summed E-state index contributed by atoms with van der Waals surface area (Å²) in [5.41, 5.74) is 8.37. The smallest absolute Gasteiger partial charge is 0.123 e. The second kappa shape index (κ2) is 8.53. The third-order valence-corrected chi connectivity index (χ3v) is 3.94. The minimum Gasteiger partial charge on any atom is -0.494 e. The van der Waals surface area contributed by atoms with Gasteiger partial charge in [0.1, 0.15) is 11.6 Å². The van der Waals surface area contributed by atoms with E-state index in [9.17, 15) is 4.39 Å². The van der Waals surface area contributed by atoms with Gasteiger partial charge in [0.25, 0.3) is 0 Å². The molecule has 0 aliphatic rings. The van der Waals surface area contributed by atoms with E-state index in [1.807, 2.05) is 14.1 Å². The summed E-state index contributed by atoms with van der Waals surface area (Å²) < 4.78 is 18.4. The van der Waals surface area contributed by atoms with Crippen molar-refractivity contribution >= 4 is 5.69 Å². The van der Waals surface area contributed by atoms with Gasteiger partial charge in [-0.25, -0.2) is 4.39 Å². The lowest BCUT2D eigenvalue weighted by atomic mass is 9.94. The monoisotopic (exact) mass is 316 g/mol. The number of rotatable bonds is 8. The van der Waals surface area contributed by atoms with Crippen molar-refractivity contribution in [2.75, 3.05) is 32.1 Å². The Kier molecular flexibility index (Phi) is 6.41. The first-order valence-corrected chi connectivity index (χ1v) is 7.96. The normalized spacial score (nSPS) is 12.0. The summed E-state index contributed by atoms with van der Waals surface area (Å²) >= 11 is 0. The van der Waals surface area contributed by atoms with Crippen LogP contribution in [0.2, 0.25) is 0 Å². The van der Waals surface area contributed by atoms with Crippen molar-refractivity contribution in [1.29, 1.82) is 0 Å². The molecule has 3 nitrogen and oxygen atoms in total. The number of nitrogens with two attached hydrogens (primary N) is 1. The quantitative estimate of drug-likeness (QED) is 0.753. The largest absolute Gasteiger partial charge is 0.494 e. The van der Waals surface area contributed by atoms with Gasteiger partial charge in [-0.1, -0.05) is 12.1 Å². The number of ether oxygens (including phenoxy) is 1. The Morgan fingerprint density at radius 3 is 2.26 bits per heavy atom. The topological polar surface area (TPSA) is 38.5 Å². The fourth-order valence-corrected chi connectivity index (χ4v) is 2.52. The average Bonchev–Trinajstić information content (AvgIpc) is 2.57. The Labute approximate surface area is 137 Å². The van der Waals surface area contributed by atoms with Crippen molar-refractivity contribution < 1.29 is 9.13 Å². The van der Waals surface area contributed by atoms with Crippen molar-refractivity contribution in [3.63, 3.8) is 0 Å². The zero-order chi connectivity index (χ0) is 16.7. The Morgan fingerprint density at radius 2 is 1.70 bits per heavy atom. The number of hydrogen-bond acceptors (Lipinski definition) is 3. The van der Waals surface area contributed by atoms with E-state index in [0.29, 0.717) is 24.8 Å². The van der Waals surface area contributed by atoms with Crippen LogP contribution in [0.15, 0.2) is 48.5 Å². The van der Waals surface area contributed by atoms with Gasteiger partial charge in [0.15, 0.2) is 0 Å². The molecular weight excluding hydrogens is 291 g/mol. The summed E-state index contributed by atoms with van der Waals surface area (Å²) in [6, 6.07) is 14.6. The van der Waals surface area contributed by atoms with Gasteiger partial charge in [-0.2, -0.15) is 0 Å². The maximum atomic E-state index is 12.8. The third kappa shape index (κ3) is 5.25. The molecule has 0 aliphatic heterocycles.